The normalized spacial score (nSPS) is 14.8. The summed E-state index contributed by atoms with van der Waals surface area (Å²) >= 11 is 0. The number of rotatable bonds is 5. The molecule has 0 atom stereocenters. The molecule has 0 unspecified atom stereocenters. The van der Waals surface area contributed by atoms with Gasteiger partial charge in [-0.25, -0.2) is 0 Å². The molecule has 1 N–H and O–H groups in total. The molecule has 19 heavy (non-hydrogen) atoms. The zero-order chi connectivity index (χ0) is 13.7. The minimum atomic E-state index is 0.0117. The summed E-state index contributed by atoms with van der Waals surface area (Å²) in [7, 11) is 0. The van der Waals surface area contributed by atoms with E-state index in [1.807, 2.05) is 31.2 Å². The van der Waals surface area contributed by atoms with Gasteiger partial charge in [0.25, 0.3) is 0 Å². The van der Waals surface area contributed by atoms with Crippen molar-refractivity contribution >= 4 is 5.91 Å². The molecule has 0 aliphatic heterocycles. The molecule has 0 radical (unpaired) electrons. The second-order valence-electron chi connectivity index (χ2n) is 5.11. The van der Waals surface area contributed by atoms with Crippen molar-refractivity contribution in [1.29, 1.82) is 0 Å². The van der Waals surface area contributed by atoms with E-state index in [4.69, 9.17) is 5.11 Å². The number of hydrogen-bond acceptors (Lipinski definition) is 2. The van der Waals surface area contributed by atoms with Crippen molar-refractivity contribution in [3.8, 4) is 0 Å². The van der Waals surface area contributed by atoms with Crippen LogP contribution in [0.25, 0.3) is 0 Å². The average Bonchev–Trinajstić information content (AvgIpc) is 2.94. The molecule has 102 valence electrons. The molecule has 0 spiro atoms. The van der Waals surface area contributed by atoms with Gasteiger partial charge in [-0.05, 0) is 25.3 Å². The van der Waals surface area contributed by atoms with Crippen molar-refractivity contribution in [2.45, 2.75) is 26.3 Å². The van der Waals surface area contributed by atoms with Gasteiger partial charge >= 0.3 is 0 Å². The van der Waals surface area contributed by atoms with Gasteiger partial charge in [0, 0.05) is 19.0 Å². The summed E-state index contributed by atoms with van der Waals surface area (Å²) < 4.78 is 0. The van der Waals surface area contributed by atoms with E-state index in [1.165, 1.54) is 5.56 Å². The second-order valence-corrected chi connectivity index (χ2v) is 5.11. The molecule has 0 saturated heterocycles. The number of amides is 1. The van der Waals surface area contributed by atoms with E-state index in [0.29, 0.717) is 13.1 Å². The van der Waals surface area contributed by atoms with Gasteiger partial charge in [0.1, 0.15) is 0 Å². The number of aliphatic hydroxyl groups is 1. The Hall–Kier alpha value is -1.61. The summed E-state index contributed by atoms with van der Waals surface area (Å²) in [6.45, 7) is 3.04. The van der Waals surface area contributed by atoms with E-state index in [0.717, 1.165) is 18.4 Å². The Morgan fingerprint density at radius 3 is 2.47 bits per heavy atom. The maximum Gasteiger partial charge on any atom is 0.226 e. The Kier molecular flexibility index (Phi) is 4.74. The van der Waals surface area contributed by atoms with E-state index in [-0.39, 0.29) is 18.4 Å². The van der Waals surface area contributed by atoms with Crippen LogP contribution in [0.1, 0.15) is 24.0 Å². The molecule has 0 fully saturated rings. The minimum absolute atomic E-state index is 0.0117. The summed E-state index contributed by atoms with van der Waals surface area (Å²) in [4.78, 5) is 14.1. The van der Waals surface area contributed by atoms with Crippen molar-refractivity contribution in [3.63, 3.8) is 0 Å². The standard InChI is InChI=1S/C16H21NO2/c1-13-6-8-14(9-7-13)12-17(10-11-18)16(19)15-4-2-3-5-15/h2-3,6-9,15,18H,4-5,10-12H2,1H3. The van der Waals surface area contributed by atoms with E-state index >= 15 is 0 Å². The van der Waals surface area contributed by atoms with Gasteiger partial charge in [-0.1, -0.05) is 42.0 Å². The number of benzene rings is 1. The van der Waals surface area contributed by atoms with Crippen LogP contribution in [0.4, 0.5) is 0 Å². The summed E-state index contributed by atoms with van der Waals surface area (Å²) in [6.07, 6.45) is 5.78. The number of aliphatic hydroxyl groups excluding tert-OH is 1. The van der Waals surface area contributed by atoms with Crippen LogP contribution in [-0.2, 0) is 11.3 Å². The van der Waals surface area contributed by atoms with Crippen LogP contribution >= 0.6 is 0 Å². The fourth-order valence-electron chi connectivity index (χ4n) is 2.38. The molecule has 1 aromatic carbocycles. The summed E-state index contributed by atoms with van der Waals surface area (Å²) in [5.41, 5.74) is 2.32. The van der Waals surface area contributed by atoms with Crippen molar-refractivity contribution in [1.82, 2.24) is 4.90 Å². The molecule has 1 aliphatic carbocycles. The molecule has 2 rings (SSSR count). The fraction of sp³-hybridized carbons (Fsp3) is 0.438. The SMILES string of the molecule is Cc1ccc(CN(CCO)C(=O)C2CC=CC2)cc1. The molecular formula is C16H21NO2. The second kappa shape index (κ2) is 6.53. The van der Waals surface area contributed by atoms with E-state index < -0.39 is 0 Å². The van der Waals surface area contributed by atoms with Crippen LogP contribution in [0.2, 0.25) is 0 Å². The molecule has 0 heterocycles. The molecule has 1 amide bonds. The molecular weight excluding hydrogens is 238 g/mol. The molecule has 1 aromatic rings. The van der Waals surface area contributed by atoms with Gasteiger partial charge in [0.15, 0.2) is 0 Å². The monoisotopic (exact) mass is 259 g/mol. The number of nitrogens with zero attached hydrogens (tertiary/aromatic N) is 1. The first-order chi connectivity index (χ1) is 9.20. The molecule has 1 aliphatic rings. The Balaban J connectivity index is 2.02. The number of carbonyl (C=O) groups excluding carboxylic acids is 1. The third kappa shape index (κ3) is 3.67. The quantitative estimate of drug-likeness (QED) is 0.824. The molecule has 3 heteroatoms. The topological polar surface area (TPSA) is 40.5 Å². The molecule has 0 aromatic heterocycles. The van der Waals surface area contributed by atoms with Crippen LogP contribution in [-0.4, -0.2) is 29.1 Å². The highest BCUT2D eigenvalue weighted by molar-refractivity contribution is 5.79. The first-order valence-electron chi connectivity index (χ1n) is 6.81. The van der Waals surface area contributed by atoms with Gasteiger partial charge in [0.2, 0.25) is 5.91 Å². The third-order valence-electron chi connectivity index (χ3n) is 3.53. The lowest BCUT2D eigenvalue weighted by atomic mass is 10.0. The maximum atomic E-state index is 12.4. The van der Waals surface area contributed by atoms with Crippen LogP contribution in [0, 0.1) is 12.8 Å². The third-order valence-corrected chi connectivity index (χ3v) is 3.53. The van der Waals surface area contributed by atoms with Gasteiger partial charge in [-0.3, -0.25) is 4.79 Å². The van der Waals surface area contributed by atoms with Crippen molar-refractivity contribution in [3.05, 3.63) is 47.5 Å². The number of aryl methyl sites for hydroxylation is 1. The zero-order valence-corrected chi connectivity index (χ0v) is 11.4. The number of carbonyl (C=O) groups is 1. The van der Waals surface area contributed by atoms with Gasteiger partial charge in [-0.2, -0.15) is 0 Å². The lowest BCUT2D eigenvalue weighted by Crippen LogP contribution is -2.37. The highest BCUT2D eigenvalue weighted by Gasteiger charge is 2.24. The fourth-order valence-corrected chi connectivity index (χ4v) is 2.38. The number of allylic oxidation sites excluding steroid dienone is 2. The van der Waals surface area contributed by atoms with Crippen molar-refractivity contribution in [2.24, 2.45) is 5.92 Å². The maximum absolute atomic E-state index is 12.4. The summed E-state index contributed by atoms with van der Waals surface area (Å²) in [5, 5.41) is 9.14. The van der Waals surface area contributed by atoms with Gasteiger partial charge in [-0.15, -0.1) is 0 Å². The molecule has 3 nitrogen and oxygen atoms in total. The van der Waals surface area contributed by atoms with Crippen LogP contribution < -0.4 is 0 Å². The van der Waals surface area contributed by atoms with E-state index in [1.54, 1.807) is 4.90 Å². The predicted molar refractivity (Wildman–Crippen MR) is 75.5 cm³/mol. The lowest BCUT2D eigenvalue weighted by Gasteiger charge is -2.25. The van der Waals surface area contributed by atoms with Gasteiger partial charge < -0.3 is 10.0 Å². The predicted octanol–water partition coefficient (Wildman–Crippen LogP) is 2.28. The van der Waals surface area contributed by atoms with Crippen LogP contribution in [0.15, 0.2) is 36.4 Å². The lowest BCUT2D eigenvalue weighted by molar-refractivity contribution is -0.136. The van der Waals surface area contributed by atoms with Crippen LogP contribution in [0.5, 0.6) is 0 Å². The highest BCUT2D eigenvalue weighted by Crippen LogP contribution is 2.21. The Labute approximate surface area is 114 Å². The molecule has 0 bridgehead atoms. The summed E-state index contributed by atoms with van der Waals surface area (Å²) in [5.74, 6) is 0.219. The van der Waals surface area contributed by atoms with Crippen LogP contribution in [0.3, 0.4) is 0 Å². The van der Waals surface area contributed by atoms with E-state index in [2.05, 4.69) is 12.2 Å². The highest BCUT2D eigenvalue weighted by atomic mass is 16.3. The Bertz CT molecular complexity index is 442. The largest absolute Gasteiger partial charge is 0.395 e. The average molecular weight is 259 g/mol. The van der Waals surface area contributed by atoms with Gasteiger partial charge in [0.05, 0.1) is 6.61 Å². The zero-order valence-electron chi connectivity index (χ0n) is 11.4. The van der Waals surface area contributed by atoms with E-state index in [9.17, 15) is 4.79 Å². The van der Waals surface area contributed by atoms with Crippen molar-refractivity contribution in [2.75, 3.05) is 13.2 Å². The Morgan fingerprint density at radius 2 is 1.89 bits per heavy atom. The smallest absolute Gasteiger partial charge is 0.226 e. The molecule has 0 saturated carbocycles. The first kappa shape index (κ1) is 13.8. The Morgan fingerprint density at radius 1 is 1.26 bits per heavy atom. The first-order valence-corrected chi connectivity index (χ1v) is 6.81. The number of hydrogen-bond donors (Lipinski definition) is 1. The van der Waals surface area contributed by atoms with Crippen molar-refractivity contribution < 1.29 is 9.90 Å². The summed E-state index contributed by atoms with van der Waals surface area (Å²) in [6, 6.07) is 8.18. The minimum Gasteiger partial charge on any atom is -0.395 e.